The van der Waals surface area contributed by atoms with Gasteiger partial charge in [-0.1, -0.05) is 0 Å². The number of aryl methyl sites for hydroxylation is 1. The maximum Gasteiger partial charge on any atom is 0.411 e. The van der Waals surface area contributed by atoms with Gasteiger partial charge < -0.3 is 10.1 Å². The van der Waals surface area contributed by atoms with Crippen molar-refractivity contribution in [3.63, 3.8) is 0 Å². The number of pyridine rings is 3. The van der Waals surface area contributed by atoms with Gasteiger partial charge in [-0.3, -0.25) is 19.5 Å². The zero-order chi connectivity index (χ0) is 25.8. The molecule has 37 heavy (non-hydrogen) atoms. The average Bonchev–Trinajstić information content (AvgIpc) is 3.41. The van der Waals surface area contributed by atoms with Gasteiger partial charge >= 0.3 is 6.09 Å². The monoisotopic (exact) mass is 497 g/mol. The fraction of sp³-hybridized carbons (Fsp3) is 0.393. The lowest BCUT2D eigenvalue weighted by molar-refractivity contribution is -0.0124. The number of carbonyl (C=O) groups is 1. The van der Waals surface area contributed by atoms with Crippen molar-refractivity contribution >= 4 is 17.0 Å². The van der Waals surface area contributed by atoms with Gasteiger partial charge in [0.05, 0.1) is 28.8 Å². The highest BCUT2D eigenvalue weighted by atomic mass is 16.6. The van der Waals surface area contributed by atoms with Crippen LogP contribution in [0.3, 0.4) is 0 Å². The van der Waals surface area contributed by atoms with E-state index in [4.69, 9.17) is 14.7 Å². The van der Waals surface area contributed by atoms with E-state index in [1.54, 1.807) is 17.1 Å². The van der Waals surface area contributed by atoms with Crippen molar-refractivity contribution in [1.29, 1.82) is 0 Å². The predicted octanol–water partition coefficient (Wildman–Crippen LogP) is 4.29. The van der Waals surface area contributed by atoms with E-state index in [1.807, 2.05) is 75.4 Å². The number of piperazine rings is 1. The Kier molecular flexibility index (Phi) is 5.49. The van der Waals surface area contributed by atoms with Gasteiger partial charge in [0.15, 0.2) is 0 Å². The quantitative estimate of drug-likeness (QED) is 0.451. The van der Waals surface area contributed by atoms with Crippen LogP contribution in [0.2, 0.25) is 0 Å². The van der Waals surface area contributed by atoms with Gasteiger partial charge in [0, 0.05) is 61.3 Å². The number of nitrogens with zero attached hydrogens (tertiary/aromatic N) is 6. The minimum atomic E-state index is -0.556. The zero-order valence-electron chi connectivity index (χ0n) is 21.6. The highest BCUT2D eigenvalue weighted by molar-refractivity contribution is 5.94. The lowest BCUT2D eigenvalue weighted by atomic mass is 9.90. The fourth-order valence-electron chi connectivity index (χ4n) is 5.60. The molecule has 2 fully saturated rings. The van der Waals surface area contributed by atoms with Gasteiger partial charge in [0.1, 0.15) is 11.1 Å². The molecule has 1 N–H and O–H groups in total. The minimum Gasteiger partial charge on any atom is -0.444 e. The summed E-state index contributed by atoms with van der Waals surface area (Å²) >= 11 is 0. The lowest BCUT2D eigenvalue weighted by Gasteiger charge is -2.44. The van der Waals surface area contributed by atoms with Crippen LogP contribution in [0.4, 0.5) is 4.79 Å². The number of amides is 1. The van der Waals surface area contributed by atoms with Crippen LogP contribution in [0.1, 0.15) is 39.3 Å². The first-order valence-corrected chi connectivity index (χ1v) is 12.7. The third-order valence-corrected chi connectivity index (χ3v) is 7.22. The predicted molar refractivity (Wildman–Crippen MR) is 141 cm³/mol. The highest BCUT2D eigenvalue weighted by Crippen LogP contribution is 2.44. The number of rotatable bonds is 3. The largest absolute Gasteiger partial charge is 0.444 e. The molecule has 2 unspecified atom stereocenters. The lowest BCUT2D eigenvalue weighted by Crippen LogP contribution is -2.61. The number of nitrogens with one attached hydrogen (secondary N) is 1. The molecule has 9 nitrogen and oxygen atoms in total. The van der Waals surface area contributed by atoms with Gasteiger partial charge in [-0.25, -0.2) is 9.78 Å². The Morgan fingerprint density at radius 1 is 1.16 bits per heavy atom. The summed E-state index contributed by atoms with van der Waals surface area (Å²) in [5, 5.41) is 8.77. The van der Waals surface area contributed by atoms with Crippen molar-refractivity contribution < 1.29 is 9.53 Å². The Morgan fingerprint density at radius 3 is 2.76 bits per heavy atom. The SMILES string of the molecule is Cn1cc(-c2cc3ncccc3c(-c3ccc(C45CCC(CNC4)N5C(=O)OC(C)(C)C)nc3)n2)cn1. The topological polar surface area (TPSA) is 98.1 Å². The number of hydrogen-bond donors (Lipinski definition) is 1. The molecule has 1 amide bonds. The Balaban J connectivity index is 1.40. The van der Waals surface area contributed by atoms with Crippen molar-refractivity contribution in [3.05, 3.63) is 60.8 Å². The van der Waals surface area contributed by atoms with Crippen LogP contribution in [-0.4, -0.2) is 60.5 Å². The summed E-state index contributed by atoms with van der Waals surface area (Å²) in [5.41, 5.74) is 4.09. The molecule has 2 saturated heterocycles. The van der Waals surface area contributed by atoms with E-state index in [0.29, 0.717) is 6.54 Å². The molecular weight excluding hydrogens is 466 g/mol. The van der Waals surface area contributed by atoms with Crippen molar-refractivity contribution in [2.75, 3.05) is 13.1 Å². The second-order valence-electron chi connectivity index (χ2n) is 11.0. The number of ether oxygens (including phenoxy) is 1. The molecule has 2 aliphatic rings. The molecule has 190 valence electrons. The van der Waals surface area contributed by atoms with Crippen molar-refractivity contribution in [2.45, 2.75) is 50.8 Å². The van der Waals surface area contributed by atoms with Crippen LogP contribution in [0.25, 0.3) is 33.4 Å². The van der Waals surface area contributed by atoms with E-state index in [1.165, 1.54) is 0 Å². The molecule has 4 aromatic heterocycles. The van der Waals surface area contributed by atoms with E-state index in [-0.39, 0.29) is 12.1 Å². The van der Waals surface area contributed by atoms with E-state index in [0.717, 1.165) is 58.5 Å². The number of carbonyl (C=O) groups excluding carboxylic acids is 1. The smallest absolute Gasteiger partial charge is 0.411 e. The number of aromatic nitrogens is 5. The van der Waals surface area contributed by atoms with Crippen LogP contribution in [0.15, 0.2) is 55.1 Å². The van der Waals surface area contributed by atoms with Gasteiger partial charge in [-0.2, -0.15) is 5.10 Å². The van der Waals surface area contributed by atoms with Gasteiger partial charge in [-0.05, 0) is 63.9 Å². The molecule has 9 heteroatoms. The summed E-state index contributed by atoms with van der Waals surface area (Å²) in [5.74, 6) is 0. The van der Waals surface area contributed by atoms with Crippen LogP contribution in [0, 0.1) is 0 Å². The Bertz CT molecular complexity index is 1470. The van der Waals surface area contributed by atoms with Gasteiger partial charge in [0.25, 0.3) is 0 Å². The molecule has 6 rings (SSSR count). The van der Waals surface area contributed by atoms with Crippen LogP contribution in [-0.2, 0) is 17.3 Å². The van der Waals surface area contributed by atoms with Gasteiger partial charge in [0.2, 0.25) is 0 Å². The van der Waals surface area contributed by atoms with Crippen LogP contribution >= 0.6 is 0 Å². The summed E-state index contributed by atoms with van der Waals surface area (Å²) < 4.78 is 7.57. The van der Waals surface area contributed by atoms with E-state index in [2.05, 4.69) is 15.4 Å². The Morgan fingerprint density at radius 2 is 2.03 bits per heavy atom. The molecule has 2 aliphatic heterocycles. The summed E-state index contributed by atoms with van der Waals surface area (Å²) in [7, 11) is 1.89. The standard InChI is InChI=1S/C28H31N7O2/c1-27(2,3)37-26(36)35-20-9-10-28(35,17-29-15-20)24-8-7-18(13-31-24)25-21-6-5-11-30-23(21)12-22(33-25)19-14-32-34(4)16-19/h5-8,11-14,16,20,29H,9-10,15,17H2,1-4H3. The minimum absolute atomic E-state index is 0.0953. The van der Waals surface area contributed by atoms with Crippen molar-refractivity contribution in [3.8, 4) is 22.5 Å². The van der Waals surface area contributed by atoms with E-state index >= 15 is 0 Å². The third-order valence-electron chi connectivity index (χ3n) is 7.22. The molecule has 4 aromatic rings. The molecule has 2 bridgehead atoms. The molecule has 0 aromatic carbocycles. The van der Waals surface area contributed by atoms with Gasteiger partial charge in [-0.15, -0.1) is 0 Å². The first kappa shape index (κ1) is 23.5. The summed E-state index contributed by atoms with van der Waals surface area (Å²) in [6.07, 6.45) is 8.89. The molecule has 0 saturated carbocycles. The second-order valence-corrected chi connectivity index (χ2v) is 11.0. The summed E-state index contributed by atoms with van der Waals surface area (Å²) in [4.78, 5) is 29.7. The molecule has 6 heterocycles. The maximum atomic E-state index is 13.3. The summed E-state index contributed by atoms with van der Waals surface area (Å²) in [6.45, 7) is 7.13. The van der Waals surface area contributed by atoms with Crippen LogP contribution < -0.4 is 5.32 Å². The second kappa shape index (κ2) is 8.62. The first-order chi connectivity index (χ1) is 17.7. The molecule has 0 spiro atoms. The third kappa shape index (κ3) is 4.13. The van der Waals surface area contributed by atoms with Crippen LogP contribution in [0.5, 0.6) is 0 Å². The molecule has 0 aliphatic carbocycles. The maximum absolute atomic E-state index is 13.3. The first-order valence-electron chi connectivity index (χ1n) is 12.7. The summed E-state index contributed by atoms with van der Waals surface area (Å²) in [6, 6.07) is 10.1. The Hall–Kier alpha value is -3.85. The fourth-order valence-corrected chi connectivity index (χ4v) is 5.60. The average molecular weight is 498 g/mol. The highest BCUT2D eigenvalue weighted by Gasteiger charge is 2.54. The van der Waals surface area contributed by atoms with E-state index < -0.39 is 11.1 Å². The number of fused-ring (bicyclic) bond motifs is 3. The molecule has 0 radical (unpaired) electrons. The normalized spacial score (nSPS) is 21.4. The van der Waals surface area contributed by atoms with E-state index in [9.17, 15) is 4.79 Å². The van der Waals surface area contributed by atoms with Crippen molar-refractivity contribution in [2.24, 2.45) is 7.05 Å². The Labute approximate surface area is 215 Å². The zero-order valence-corrected chi connectivity index (χ0v) is 21.6. The molecule has 2 atom stereocenters. The number of hydrogen-bond acceptors (Lipinski definition) is 7. The molecular formula is C28H31N7O2. The van der Waals surface area contributed by atoms with Crippen molar-refractivity contribution in [1.82, 2.24) is 34.9 Å².